The summed E-state index contributed by atoms with van der Waals surface area (Å²) in [5.74, 6) is 2.40. The smallest absolute Gasteiger partial charge is 0.225 e. The van der Waals surface area contributed by atoms with Crippen molar-refractivity contribution in [3.05, 3.63) is 59.9 Å². The van der Waals surface area contributed by atoms with E-state index in [2.05, 4.69) is 45.1 Å². The molecule has 2 aromatic rings. The first-order valence-electron chi connectivity index (χ1n) is 11.8. The van der Waals surface area contributed by atoms with Gasteiger partial charge in [0.2, 0.25) is 5.91 Å². The Labute approximate surface area is 185 Å². The van der Waals surface area contributed by atoms with Gasteiger partial charge in [0.15, 0.2) is 0 Å². The number of rotatable bonds is 5. The molecule has 1 saturated carbocycles. The molecule has 0 bridgehead atoms. The van der Waals surface area contributed by atoms with Crippen LogP contribution in [0.5, 0.6) is 5.75 Å². The first-order chi connectivity index (χ1) is 15.2. The minimum absolute atomic E-state index is 0.250. The number of piperidine rings is 1. The van der Waals surface area contributed by atoms with Crippen molar-refractivity contribution in [1.82, 2.24) is 14.8 Å². The van der Waals surface area contributed by atoms with Crippen LogP contribution in [0.2, 0.25) is 0 Å². The van der Waals surface area contributed by atoms with Crippen molar-refractivity contribution < 1.29 is 9.53 Å². The number of benzene rings is 1. The van der Waals surface area contributed by atoms with Gasteiger partial charge in [-0.2, -0.15) is 0 Å². The van der Waals surface area contributed by atoms with Crippen LogP contribution < -0.4 is 4.74 Å². The van der Waals surface area contributed by atoms with Gasteiger partial charge in [-0.05, 0) is 54.7 Å². The number of hydrogen-bond donors (Lipinski definition) is 0. The van der Waals surface area contributed by atoms with Gasteiger partial charge in [0.25, 0.3) is 0 Å². The van der Waals surface area contributed by atoms with Gasteiger partial charge >= 0.3 is 0 Å². The Hall–Kier alpha value is -2.40. The molecule has 164 valence electrons. The van der Waals surface area contributed by atoms with E-state index in [1.807, 2.05) is 18.5 Å². The van der Waals surface area contributed by atoms with Crippen LogP contribution in [-0.2, 0) is 11.3 Å². The third-order valence-corrected chi connectivity index (χ3v) is 7.68. The predicted octanol–water partition coefficient (Wildman–Crippen LogP) is 4.10. The summed E-state index contributed by atoms with van der Waals surface area (Å²) in [6.07, 6.45) is 9.37. The lowest BCUT2D eigenvalue weighted by atomic mass is 9.81. The maximum absolute atomic E-state index is 13.5. The van der Waals surface area contributed by atoms with Crippen molar-refractivity contribution >= 4 is 5.91 Å². The number of carbonyl (C=O) groups excluding carboxylic acids is 1. The minimum atomic E-state index is 0.250. The maximum Gasteiger partial charge on any atom is 0.225 e. The van der Waals surface area contributed by atoms with Crippen LogP contribution in [0.4, 0.5) is 0 Å². The van der Waals surface area contributed by atoms with E-state index in [-0.39, 0.29) is 5.92 Å². The molecule has 5 nitrogen and oxygen atoms in total. The number of pyridine rings is 1. The number of aromatic nitrogens is 1. The molecule has 0 unspecified atom stereocenters. The molecule has 3 atom stereocenters. The normalized spacial score (nSPS) is 26.7. The van der Waals surface area contributed by atoms with Gasteiger partial charge < -0.3 is 9.64 Å². The molecule has 5 rings (SSSR count). The lowest BCUT2D eigenvalue weighted by Gasteiger charge is -2.39. The topological polar surface area (TPSA) is 45.7 Å². The highest BCUT2D eigenvalue weighted by Gasteiger charge is 2.48. The number of amides is 1. The van der Waals surface area contributed by atoms with Gasteiger partial charge in [0, 0.05) is 62.4 Å². The van der Waals surface area contributed by atoms with Crippen molar-refractivity contribution in [3.8, 4) is 5.75 Å². The van der Waals surface area contributed by atoms with E-state index < -0.39 is 0 Å². The summed E-state index contributed by atoms with van der Waals surface area (Å²) < 4.78 is 5.51. The molecule has 1 aliphatic carbocycles. The molecule has 3 aliphatic rings. The molecular formula is C26H33N3O2. The molecule has 0 N–H and O–H groups in total. The third-order valence-electron chi connectivity index (χ3n) is 7.68. The summed E-state index contributed by atoms with van der Waals surface area (Å²) in [5, 5.41) is 0. The SMILES string of the molecule is COc1cccc([C@H]2CN(C(=O)C3CCCC3)[C@@H]3CCN(Cc4ccncc4)C[C@H]23)c1. The Bertz CT molecular complexity index is 897. The third kappa shape index (κ3) is 4.20. The van der Waals surface area contributed by atoms with Gasteiger partial charge in [-0.3, -0.25) is 14.7 Å². The van der Waals surface area contributed by atoms with E-state index in [4.69, 9.17) is 4.74 Å². The fourth-order valence-electron chi connectivity index (χ4n) is 6.08. The molecule has 2 saturated heterocycles. The van der Waals surface area contributed by atoms with Crippen LogP contribution in [0.1, 0.15) is 49.1 Å². The van der Waals surface area contributed by atoms with E-state index in [1.54, 1.807) is 7.11 Å². The molecule has 0 spiro atoms. The molecule has 1 amide bonds. The van der Waals surface area contributed by atoms with Gasteiger partial charge in [0.05, 0.1) is 7.11 Å². The van der Waals surface area contributed by atoms with Crippen molar-refractivity contribution in [1.29, 1.82) is 0 Å². The Balaban J connectivity index is 1.39. The molecule has 0 radical (unpaired) electrons. The van der Waals surface area contributed by atoms with Crippen molar-refractivity contribution in [2.24, 2.45) is 11.8 Å². The monoisotopic (exact) mass is 419 g/mol. The second-order valence-electron chi connectivity index (χ2n) is 9.47. The standard InChI is InChI=1S/C26H33N3O2/c1-31-22-8-4-7-21(15-22)23-18-29(26(30)20-5-2-3-6-20)25-11-14-28(17-24(23)25)16-19-9-12-27-13-10-19/h4,7-10,12-13,15,20,23-25H,2-3,5-6,11,14,16-18H2,1H3/t23-,24-,25-/m1/s1. The van der Waals surface area contributed by atoms with E-state index in [9.17, 15) is 4.79 Å². The molecule has 31 heavy (non-hydrogen) atoms. The number of carbonyl (C=O) groups is 1. The fraction of sp³-hybridized carbons (Fsp3) is 0.538. The maximum atomic E-state index is 13.5. The molecule has 1 aromatic heterocycles. The van der Waals surface area contributed by atoms with Gasteiger partial charge in [-0.1, -0.05) is 25.0 Å². The Kier molecular flexibility index (Phi) is 5.95. The zero-order valence-electron chi connectivity index (χ0n) is 18.5. The van der Waals surface area contributed by atoms with Crippen LogP contribution in [-0.4, -0.2) is 53.5 Å². The van der Waals surface area contributed by atoms with Crippen LogP contribution in [0.3, 0.4) is 0 Å². The first kappa shape index (κ1) is 20.5. The van der Waals surface area contributed by atoms with Crippen LogP contribution in [0.25, 0.3) is 0 Å². The lowest BCUT2D eigenvalue weighted by Crippen LogP contribution is -2.48. The minimum Gasteiger partial charge on any atom is -0.497 e. The molecule has 5 heteroatoms. The van der Waals surface area contributed by atoms with Crippen LogP contribution >= 0.6 is 0 Å². The lowest BCUT2D eigenvalue weighted by molar-refractivity contribution is -0.137. The summed E-state index contributed by atoms with van der Waals surface area (Å²) in [6.45, 7) is 3.88. The average Bonchev–Trinajstić information content (AvgIpc) is 3.48. The summed E-state index contributed by atoms with van der Waals surface area (Å²) in [7, 11) is 1.73. The Morgan fingerprint density at radius 3 is 2.68 bits per heavy atom. The number of methoxy groups -OCH3 is 1. The molecule has 2 aliphatic heterocycles. The highest BCUT2D eigenvalue weighted by molar-refractivity contribution is 5.80. The highest BCUT2D eigenvalue weighted by Crippen LogP contribution is 2.44. The van der Waals surface area contributed by atoms with E-state index in [0.29, 0.717) is 23.8 Å². The van der Waals surface area contributed by atoms with Crippen molar-refractivity contribution in [2.75, 3.05) is 26.7 Å². The molecule has 3 fully saturated rings. The largest absolute Gasteiger partial charge is 0.497 e. The summed E-state index contributed by atoms with van der Waals surface area (Å²) in [5.41, 5.74) is 2.62. The average molecular weight is 420 g/mol. The second kappa shape index (κ2) is 8.99. The fourth-order valence-corrected chi connectivity index (χ4v) is 6.08. The Morgan fingerprint density at radius 2 is 1.90 bits per heavy atom. The zero-order valence-corrected chi connectivity index (χ0v) is 18.5. The molecular weight excluding hydrogens is 386 g/mol. The number of hydrogen-bond acceptors (Lipinski definition) is 4. The number of nitrogens with zero attached hydrogens (tertiary/aromatic N) is 3. The molecule has 3 heterocycles. The second-order valence-corrected chi connectivity index (χ2v) is 9.47. The zero-order chi connectivity index (χ0) is 21.2. The Morgan fingerprint density at radius 1 is 1.10 bits per heavy atom. The summed E-state index contributed by atoms with van der Waals surface area (Å²) in [4.78, 5) is 22.4. The quantitative estimate of drug-likeness (QED) is 0.732. The summed E-state index contributed by atoms with van der Waals surface area (Å²) >= 11 is 0. The van der Waals surface area contributed by atoms with E-state index in [1.165, 1.54) is 24.0 Å². The number of ether oxygens (including phenoxy) is 1. The number of likely N-dealkylation sites (tertiary alicyclic amines) is 2. The van der Waals surface area contributed by atoms with Gasteiger partial charge in [-0.15, -0.1) is 0 Å². The number of fused-ring (bicyclic) bond motifs is 1. The van der Waals surface area contributed by atoms with Crippen LogP contribution in [0, 0.1) is 11.8 Å². The van der Waals surface area contributed by atoms with Gasteiger partial charge in [-0.25, -0.2) is 0 Å². The highest BCUT2D eigenvalue weighted by atomic mass is 16.5. The van der Waals surface area contributed by atoms with Crippen molar-refractivity contribution in [3.63, 3.8) is 0 Å². The van der Waals surface area contributed by atoms with E-state index >= 15 is 0 Å². The van der Waals surface area contributed by atoms with Crippen molar-refractivity contribution in [2.45, 2.75) is 50.6 Å². The van der Waals surface area contributed by atoms with Crippen LogP contribution in [0.15, 0.2) is 48.8 Å². The molecule has 1 aromatic carbocycles. The van der Waals surface area contributed by atoms with E-state index in [0.717, 1.165) is 51.2 Å². The summed E-state index contributed by atoms with van der Waals surface area (Å²) in [6, 6.07) is 13.1. The predicted molar refractivity (Wildman–Crippen MR) is 121 cm³/mol. The first-order valence-corrected chi connectivity index (χ1v) is 11.8. The van der Waals surface area contributed by atoms with Gasteiger partial charge in [0.1, 0.15) is 5.75 Å².